The first-order valence-corrected chi connectivity index (χ1v) is 11.1. The van der Waals surface area contributed by atoms with Crippen LogP contribution in [0.5, 0.6) is 0 Å². The predicted molar refractivity (Wildman–Crippen MR) is 133 cm³/mol. The van der Waals surface area contributed by atoms with Gasteiger partial charge in [-0.3, -0.25) is 0 Å². The zero-order valence-corrected chi connectivity index (χ0v) is 20.8. The van der Waals surface area contributed by atoms with Gasteiger partial charge in [0.15, 0.2) is 5.96 Å². The highest BCUT2D eigenvalue weighted by Crippen LogP contribution is 2.22. The average Bonchev–Trinajstić information content (AvgIpc) is 2.66. The molecule has 0 bridgehead atoms. The smallest absolute Gasteiger partial charge is 0.243 e. The lowest BCUT2D eigenvalue weighted by Crippen LogP contribution is -2.47. The van der Waals surface area contributed by atoms with Crippen molar-refractivity contribution in [2.24, 2.45) is 10.7 Å². The van der Waals surface area contributed by atoms with Gasteiger partial charge in [-0.2, -0.15) is 4.31 Å². The lowest BCUT2D eigenvalue weighted by Gasteiger charge is -2.32. The number of aliphatic imine (C=N–C) groups is 1. The van der Waals surface area contributed by atoms with Crippen molar-refractivity contribution in [2.75, 3.05) is 38.5 Å². The summed E-state index contributed by atoms with van der Waals surface area (Å²) in [5, 5.41) is 3.08. The summed E-state index contributed by atoms with van der Waals surface area (Å²) in [4.78, 5) is 6.80. The Morgan fingerprint density at radius 2 is 1.67 bits per heavy atom. The minimum Gasteiger partial charge on any atom is -0.370 e. The molecule has 1 saturated heterocycles. The SMILES string of the molecule is Cc1cc(C)cc(NC(N)=NCc2ccccc2S(=O)(=O)N2CCN(C)CC2)c1.I. The van der Waals surface area contributed by atoms with Crippen LogP contribution in [-0.2, 0) is 16.6 Å². The van der Waals surface area contributed by atoms with E-state index in [-0.39, 0.29) is 36.5 Å². The molecule has 1 heterocycles. The number of guanidine groups is 1. The minimum atomic E-state index is -3.56. The summed E-state index contributed by atoms with van der Waals surface area (Å²) >= 11 is 0. The summed E-state index contributed by atoms with van der Waals surface area (Å²) in [6.45, 7) is 6.67. The first-order valence-electron chi connectivity index (χ1n) is 9.67. The van der Waals surface area contributed by atoms with Crippen molar-refractivity contribution in [3.05, 3.63) is 59.2 Å². The van der Waals surface area contributed by atoms with Crippen LogP contribution < -0.4 is 11.1 Å². The number of hydrogen-bond acceptors (Lipinski definition) is 4. The van der Waals surface area contributed by atoms with E-state index in [0.29, 0.717) is 23.5 Å². The molecule has 1 aliphatic heterocycles. The van der Waals surface area contributed by atoms with Crippen molar-refractivity contribution in [3.63, 3.8) is 0 Å². The molecule has 2 aromatic rings. The van der Waals surface area contributed by atoms with Crippen molar-refractivity contribution < 1.29 is 8.42 Å². The molecule has 3 rings (SSSR count). The zero-order chi connectivity index (χ0) is 21.0. The van der Waals surface area contributed by atoms with E-state index < -0.39 is 10.0 Å². The van der Waals surface area contributed by atoms with Gasteiger partial charge >= 0.3 is 0 Å². The molecule has 1 aliphatic rings. The van der Waals surface area contributed by atoms with E-state index >= 15 is 0 Å². The first kappa shape index (κ1) is 24.6. The van der Waals surface area contributed by atoms with Crippen LogP contribution in [0.25, 0.3) is 0 Å². The number of rotatable bonds is 5. The third-order valence-corrected chi connectivity index (χ3v) is 6.97. The van der Waals surface area contributed by atoms with Gasteiger partial charge in [0.2, 0.25) is 10.0 Å². The number of benzene rings is 2. The second-order valence-corrected chi connectivity index (χ2v) is 9.42. The molecule has 0 aromatic heterocycles. The van der Waals surface area contributed by atoms with Gasteiger partial charge < -0.3 is 16.0 Å². The van der Waals surface area contributed by atoms with E-state index in [2.05, 4.69) is 21.3 Å². The molecule has 0 amide bonds. The van der Waals surface area contributed by atoms with Crippen molar-refractivity contribution in [3.8, 4) is 0 Å². The quantitative estimate of drug-likeness (QED) is 0.344. The van der Waals surface area contributed by atoms with Gasteiger partial charge in [-0.25, -0.2) is 13.4 Å². The van der Waals surface area contributed by atoms with Crippen LogP contribution in [0, 0.1) is 13.8 Å². The Hall–Kier alpha value is -1.69. The maximum atomic E-state index is 13.1. The van der Waals surface area contributed by atoms with Crippen LogP contribution in [0.1, 0.15) is 16.7 Å². The fourth-order valence-electron chi connectivity index (χ4n) is 3.46. The van der Waals surface area contributed by atoms with Crippen molar-refractivity contribution in [1.29, 1.82) is 0 Å². The normalized spacial score (nSPS) is 16.2. The summed E-state index contributed by atoms with van der Waals surface area (Å²) in [7, 11) is -1.56. The van der Waals surface area contributed by atoms with Crippen LogP contribution in [0.2, 0.25) is 0 Å². The number of nitrogens with two attached hydrogens (primary N) is 1. The van der Waals surface area contributed by atoms with Gasteiger partial charge in [0.05, 0.1) is 11.4 Å². The molecule has 0 atom stereocenters. The number of nitrogens with one attached hydrogen (secondary N) is 1. The third-order valence-electron chi connectivity index (χ3n) is 4.97. The zero-order valence-electron chi connectivity index (χ0n) is 17.6. The highest BCUT2D eigenvalue weighted by atomic mass is 127. The number of nitrogens with zero attached hydrogens (tertiary/aromatic N) is 3. The molecule has 9 heteroatoms. The number of sulfonamides is 1. The van der Waals surface area contributed by atoms with Gasteiger partial charge in [-0.1, -0.05) is 24.3 Å². The number of likely N-dealkylation sites (N-methyl/N-ethyl adjacent to an activating group) is 1. The standard InChI is InChI=1S/C21H29N5O2S.HI/c1-16-12-17(2)14-19(13-16)24-21(22)23-15-18-6-4-5-7-20(18)29(27,28)26-10-8-25(3)9-11-26;/h4-7,12-14H,8-11,15H2,1-3H3,(H3,22,23,24);1H. The molecule has 30 heavy (non-hydrogen) atoms. The van der Waals surface area contributed by atoms with Gasteiger partial charge in [0, 0.05) is 31.9 Å². The largest absolute Gasteiger partial charge is 0.370 e. The third kappa shape index (κ3) is 6.16. The molecular formula is C21H30IN5O2S. The van der Waals surface area contributed by atoms with E-state index in [9.17, 15) is 8.42 Å². The highest BCUT2D eigenvalue weighted by molar-refractivity contribution is 14.0. The summed E-state index contributed by atoms with van der Waals surface area (Å²) in [6, 6.07) is 13.1. The van der Waals surface area contributed by atoms with Crippen molar-refractivity contribution in [2.45, 2.75) is 25.3 Å². The topological polar surface area (TPSA) is 91.0 Å². The number of anilines is 1. The van der Waals surface area contributed by atoms with E-state index in [1.807, 2.05) is 39.1 Å². The van der Waals surface area contributed by atoms with Crippen LogP contribution in [0.15, 0.2) is 52.4 Å². The van der Waals surface area contributed by atoms with Crippen LogP contribution in [0.3, 0.4) is 0 Å². The van der Waals surface area contributed by atoms with E-state index in [0.717, 1.165) is 29.9 Å². The van der Waals surface area contributed by atoms with Gasteiger partial charge in [0.25, 0.3) is 0 Å². The minimum absolute atomic E-state index is 0. The highest BCUT2D eigenvalue weighted by Gasteiger charge is 2.29. The lowest BCUT2D eigenvalue weighted by molar-refractivity contribution is 0.222. The Labute approximate surface area is 196 Å². The second-order valence-electron chi connectivity index (χ2n) is 7.52. The van der Waals surface area contributed by atoms with Gasteiger partial charge in [0.1, 0.15) is 0 Å². The van der Waals surface area contributed by atoms with Gasteiger partial charge in [-0.15, -0.1) is 24.0 Å². The van der Waals surface area contributed by atoms with Crippen molar-refractivity contribution >= 4 is 45.6 Å². The summed E-state index contributed by atoms with van der Waals surface area (Å²) < 4.78 is 27.8. The fraction of sp³-hybridized carbons (Fsp3) is 0.381. The molecule has 7 nitrogen and oxygen atoms in total. The molecule has 0 spiro atoms. The predicted octanol–water partition coefficient (Wildman–Crippen LogP) is 2.78. The molecule has 0 radical (unpaired) electrons. The number of hydrogen-bond donors (Lipinski definition) is 2. The van der Waals surface area contributed by atoms with Gasteiger partial charge in [-0.05, 0) is 55.8 Å². The summed E-state index contributed by atoms with van der Waals surface area (Å²) in [6.07, 6.45) is 0. The van der Waals surface area contributed by atoms with Crippen molar-refractivity contribution in [1.82, 2.24) is 9.21 Å². The van der Waals surface area contributed by atoms with Crippen LogP contribution >= 0.6 is 24.0 Å². The average molecular weight is 543 g/mol. The molecule has 164 valence electrons. The van der Waals surface area contributed by atoms with Crippen LogP contribution in [0.4, 0.5) is 5.69 Å². The molecule has 1 fully saturated rings. The fourth-order valence-corrected chi connectivity index (χ4v) is 5.09. The van der Waals surface area contributed by atoms with E-state index in [1.165, 1.54) is 0 Å². The Morgan fingerprint density at radius 1 is 1.07 bits per heavy atom. The molecule has 0 unspecified atom stereocenters. The lowest BCUT2D eigenvalue weighted by atomic mass is 10.1. The summed E-state index contributed by atoms with van der Waals surface area (Å²) in [5.74, 6) is 0.252. The van der Waals surface area contributed by atoms with E-state index in [4.69, 9.17) is 5.73 Å². The summed E-state index contributed by atoms with van der Waals surface area (Å²) in [5.41, 5.74) is 9.80. The Bertz CT molecular complexity index is 982. The van der Waals surface area contributed by atoms with Crippen LogP contribution in [-0.4, -0.2) is 56.8 Å². The number of halogens is 1. The Kier molecular flexibility index (Phi) is 8.65. The Morgan fingerprint density at radius 3 is 2.30 bits per heavy atom. The maximum absolute atomic E-state index is 13.1. The maximum Gasteiger partial charge on any atom is 0.243 e. The Balaban J connectivity index is 0.00000320. The molecule has 0 saturated carbocycles. The molecule has 0 aliphatic carbocycles. The van der Waals surface area contributed by atoms with E-state index in [1.54, 1.807) is 22.5 Å². The first-order chi connectivity index (χ1) is 13.8. The monoisotopic (exact) mass is 543 g/mol. The molecular weight excluding hydrogens is 513 g/mol. The number of aryl methyl sites for hydroxylation is 2. The molecule has 2 aromatic carbocycles. The number of piperazine rings is 1. The molecule has 3 N–H and O–H groups in total. The second kappa shape index (κ2) is 10.6.